The van der Waals surface area contributed by atoms with Gasteiger partial charge < -0.3 is 15.2 Å². The zero-order chi connectivity index (χ0) is 12.8. The molecule has 1 heterocycles. The Kier molecular flexibility index (Phi) is 4.45. The fourth-order valence-corrected chi connectivity index (χ4v) is 1.02. The summed E-state index contributed by atoms with van der Waals surface area (Å²) in [7, 11) is 0. The minimum absolute atomic E-state index is 0.0940. The molecule has 2 N–H and O–H groups in total. The van der Waals surface area contributed by atoms with E-state index in [0.717, 1.165) is 0 Å². The minimum atomic E-state index is -0.689. The van der Waals surface area contributed by atoms with Crippen LogP contribution in [0, 0.1) is 0 Å². The molecule has 0 bridgehead atoms. The van der Waals surface area contributed by atoms with Crippen molar-refractivity contribution >= 4 is 17.6 Å². The second-order valence-electron chi connectivity index (χ2n) is 3.59. The van der Waals surface area contributed by atoms with Gasteiger partial charge in [0.25, 0.3) is 0 Å². The van der Waals surface area contributed by atoms with Crippen molar-refractivity contribution in [3.63, 3.8) is 0 Å². The third-order valence-corrected chi connectivity index (χ3v) is 1.68. The molecule has 6 heteroatoms. The van der Waals surface area contributed by atoms with Crippen LogP contribution in [0.15, 0.2) is 18.3 Å². The number of hydrogen-bond donors (Lipinski definition) is 1. The van der Waals surface area contributed by atoms with Crippen LogP contribution < -0.4 is 5.73 Å². The van der Waals surface area contributed by atoms with Crippen molar-refractivity contribution in [3.05, 3.63) is 24.0 Å². The Bertz CT molecular complexity index is 400. The van der Waals surface area contributed by atoms with Crippen molar-refractivity contribution < 1.29 is 19.1 Å². The van der Waals surface area contributed by atoms with Crippen molar-refractivity contribution in [2.45, 2.75) is 20.0 Å². The number of nitrogens with zero attached hydrogens (tertiary/aromatic N) is 1. The van der Waals surface area contributed by atoms with Crippen molar-refractivity contribution in [1.29, 1.82) is 0 Å². The lowest BCUT2D eigenvalue weighted by atomic mass is 10.3. The van der Waals surface area contributed by atoms with E-state index in [4.69, 9.17) is 15.2 Å². The molecule has 1 aromatic rings. The molecule has 6 nitrogen and oxygen atoms in total. The van der Waals surface area contributed by atoms with Crippen LogP contribution in [0.25, 0.3) is 0 Å². The summed E-state index contributed by atoms with van der Waals surface area (Å²) >= 11 is 0. The van der Waals surface area contributed by atoms with Crippen LogP contribution in [0.4, 0.5) is 5.69 Å². The number of esters is 2. The van der Waals surface area contributed by atoms with Gasteiger partial charge in [-0.25, -0.2) is 14.6 Å². The van der Waals surface area contributed by atoms with Crippen molar-refractivity contribution in [2.75, 3.05) is 12.3 Å². The SMILES string of the molecule is CC(C)OC(=O)COC(=O)c1ccc(N)cn1. The standard InChI is InChI=1S/C11H14N2O4/c1-7(2)17-10(14)6-16-11(15)9-4-3-8(12)5-13-9/h3-5,7H,6,12H2,1-2H3. The van der Waals surface area contributed by atoms with Crippen molar-refractivity contribution in [1.82, 2.24) is 4.98 Å². The Hall–Kier alpha value is -2.11. The summed E-state index contributed by atoms with van der Waals surface area (Å²) in [6.07, 6.45) is 1.10. The molecule has 1 aromatic heterocycles. The average Bonchev–Trinajstić information content (AvgIpc) is 2.26. The van der Waals surface area contributed by atoms with Crippen molar-refractivity contribution in [3.8, 4) is 0 Å². The van der Waals surface area contributed by atoms with Gasteiger partial charge in [-0.3, -0.25) is 0 Å². The Labute approximate surface area is 98.7 Å². The molecule has 0 fully saturated rings. The molecule has 0 aliphatic heterocycles. The Balaban J connectivity index is 2.45. The first-order chi connectivity index (χ1) is 7.99. The number of aromatic nitrogens is 1. The monoisotopic (exact) mass is 238 g/mol. The second kappa shape index (κ2) is 5.83. The Morgan fingerprint density at radius 3 is 2.65 bits per heavy atom. The summed E-state index contributed by atoms with van der Waals surface area (Å²) in [5.41, 5.74) is 5.95. The van der Waals surface area contributed by atoms with Gasteiger partial charge in [0.2, 0.25) is 0 Å². The highest BCUT2D eigenvalue weighted by Crippen LogP contribution is 2.03. The lowest BCUT2D eigenvalue weighted by Gasteiger charge is -2.08. The summed E-state index contributed by atoms with van der Waals surface area (Å²) in [5.74, 6) is -1.28. The quantitative estimate of drug-likeness (QED) is 0.779. The van der Waals surface area contributed by atoms with E-state index in [1.807, 2.05) is 0 Å². The van der Waals surface area contributed by atoms with Gasteiger partial charge in [0.15, 0.2) is 6.61 Å². The molecule has 0 saturated heterocycles. The highest BCUT2D eigenvalue weighted by Gasteiger charge is 2.12. The number of carbonyl (C=O) groups is 2. The van der Waals surface area contributed by atoms with E-state index in [1.165, 1.54) is 18.3 Å². The van der Waals surface area contributed by atoms with Crippen LogP contribution in [0.3, 0.4) is 0 Å². The number of nitrogen functional groups attached to an aromatic ring is 1. The van der Waals surface area contributed by atoms with Crippen molar-refractivity contribution in [2.24, 2.45) is 0 Å². The molecule has 1 rings (SSSR count). The van der Waals surface area contributed by atoms with E-state index < -0.39 is 18.5 Å². The first kappa shape index (κ1) is 13.0. The number of pyridine rings is 1. The number of carbonyl (C=O) groups excluding carboxylic acids is 2. The number of anilines is 1. The van der Waals surface area contributed by atoms with E-state index in [0.29, 0.717) is 5.69 Å². The van der Waals surface area contributed by atoms with Gasteiger partial charge >= 0.3 is 11.9 Å². The minimum Gasteiger partial charge on any atom is -0.460 e. The Morgan fingerprint density at radius 1 is 1.41 bits per heavy atom. The summed E-state index contributed by atoms with van der Waals surface area (Å²) in [6.45, 7) is 2.99. The van der Waals surface area contributed by atoms with Crippen LogP contribution in [-0.2, 0) is 14.3 Å². The van der Waals surface area contributed by atoms with Crippen LogP contribution in [0.2, 0.25) is 0 Å². The highest BCUT2D eigenvalue weighted by atomic mass is 16.6. The van der Waals surface area contributed by atoms with Gasteiger partial charge in [0, 0.05) is 0 Å². The molecule has 0 amide bonds. The highest BCUT2D eigenvalue weighted by molar-refractivity contribution is 5.88. The van der Waals surface area contributed by atoms with Crippen LogP contribution in [0.5, 0.6) is 0 Å². The maximum atomic E-state index is 11.4. The third-order valence-electron chi connectivity index (χ3n) is 1.68. The molecule has 0 unspecified atom stereocenters. The van der Waals surface area contributed by atoms with Gasteiger partial charge in [0.1, 0.15) is 5.69 Å². The summed E-state index contributed by atoms with van der Waals surface area (Å²) < 4.78 is 9.51. The normalized spacial score (nSPS) is 10.1. The predicted molar refractivity (Wildman–Crippen MR) is 60.2 cm³/mol. The molecular weight excluding hydrogens is 224 g/mol. The smallest absolute Gasteiger partial charge is 0.357 e. The van der Waals surface area contributed by atoms with E-state index in [1.54, 1.807) is 13.8 Å². The van der Waals surface area contributed by atoms with E-state index in [2.05, 4.69) is 4.98 Å². The van der Waals surface area contributed by atoms with E-state index in [-0.39, 0.29) is 11.8 Å². The number of hydrogen-bond acceptors (Lipinski definition) is 6. The van der Waals surface area contributed by atoms with Gasteiger partial charge in [0.05, 0.1) is 18.0 Å². The molecular formula is C11H14N2O4. The molecule has 0 atom stereocenters. The van der Waals surface area contributed by atoms with Crippen LogP contribution >= 0.6 is 0 Å². The molecule has 0 saturated carbocycles. The van der Waals surface area contributed by atoms with Gasteiger partial charge in [-0.2, -0.15) is 0 Å². The first-order valence-electron chi connectivity index (χ1n) is 5.07. The number of rotatable bonds is 4. The zero-order valence-corrected chi connectivity index (χ0v) is 9.67. The average molecular weight is 238 g/mol. The molecule has 0 aliphatic carbocycles. The fraction of sp³-hybridized carbons (Fsp3) is 0.364. The molecule has 0 aromatic carbocycles. The molecule has 17 heavy (non-hydrogen) atoms. The van der Waals surface area contributed by atoms with Gasteiger partial charge in [-0.05, 0) is 26.0 Å². The zero-order valence-electron chi connectivity index (χ0n) is 9.67. The maximum Gasteiger partial charge on any atom is 0.357 e. The van der Waals surface area contributed by atoms with Crippen LogP contribution in [-0.4, -0.2) is 29.6 Å². The number of ether oxygens (including phenoxy) is 2. The maximum absolute atomic E-state index is 11.4. The first-order valence-corrected chi connectivity index (χ1v) is 5.07. The summed E-state index contributed by atoms with van der Waals surface area (Å²) in [5, 5.41) is 0. The predicted octanol–water partition coefficient (Wildman–Crippen LogP) is 0.772. The molecule has 0 spiro atoms. The lowest BCUT2D eigenvalue weighted by Crippen LogP contribution is -2.20. The van der Waals surface area contributed by atoms with Gasteiger partial charge in [-0.15, -0.1) is 0 Å². The van der Waals surface area contributed by atoms with Crippen LogP contribution in [0.1, 0.15) is 24.3 Å². The van der Waals surface area contributed by atoms with Gasteiger partial charge in [-0.1, -0.05) is 0 Å². The molecule has 0 radical (unpaired) electrons. The summed E-state index contributed by atoms with van der Waals surface area (Å²) in [6, 6.07) is 2.95. The molecule has 92 valence electrons. The fourth-order valence-electron chi connectivity index (χ4n) is 1.02. The largest absolute Gasteiger partial charge is 0.460 e. The topological polar surface area (TPSA) is 91.5 Å². The second-order valence-corrected chi connectivity index (χ2v) is 3.59. The number of nitrogens with two attached hydrogens (primary N) is 1. The van der Waals surface area contributed by atoms with E-state index in [9.17, 15) is 9.59 Å². The van der Waals surface area contributed by atoms with E-state index >= 15 is 0 Å². The summed E-state index contributed by atoms with van der Waals surface area (Å²) in [4.78, 5) is 26.3. The lowest BCUT2D eigenvalue weighted by molar-refractivity contribution is -0.150. The molecule has 0 aliphatic rings. The third kappa shape index (κ3) is 4.50. The Morgan fingerprint density at radius 2 is 2.12 bits per heavy atom.